The second-order valence-corrected chi connectivity index (χ2v) is 4.38. The first kappa shape index (κ1) is 9.00. The molecule has 1 atom stereocenters. The minimum absolute atomic E-state index is 0.238. The summed E-state index contributed by atoms with van der Waals surface area (Å²) in [6, 6.07) is 0. The topological polar surface area (TPSA) is 41.1 Å². The van der Waals surface area contributed by atoms with Crippen LogP contribution < -0.4 is 10.6 Å². The Balaban J connectivity index is 1.99. The highest BCUT2D eigenvalue weighted by molar-refractivity contribution is 5.76. The zero-order chi connectivity index (χ0) is 9.15. The van der Waals surface area contributed by atoms with E-state index in [2.05, 4.69) is 10.6 Å². The second-order valence-electron chi connectivity index (χ2n) is 4.38. The van der Waals surface area contributed by atoms with Gasteiger partial charge >= 0.3 is 0 Å². The number of carbonyl (C=O) groups is 1. The van der Waals surface area contributed by atoms with E-state index in [0.29, 0.717) is 5.41 Å². The Morgan fingerprint density at radius 1 is 1.15 bits per heavy atom. The molecule has 0 aromatic rings. The van der Waals surface area contributed by atoms with Gasteiger partial charge in [-0.05, 0) is 37.6 Å². The summed E-state index contributed by atoms with van der Waals surface area (Å²) in [5, 5.41) is 6.40. The number of carbonyl (C=O) groups excluding carboxylic acids is 1. The molecule has 0 aromatic heterocycles. The Morgan fingerprint density at radius 3 is 2.85 bits per heavy atom. The van der Waals surface area contributed by atoms with Crippen LogP contribution in [0.2, 0.25) is 0 Å². The van der Waals surface area contributed by atoms with Crippen LogP contribution in [0, 0.1) is 5.41 Å². The maximum atomic E-state index is 11.2. The van der Waals surface area contributed by atoms with Crippen molar-refractivity contribution in [3.05, 3.63) is 0 Å². The van der Waals surface area contributed by atoms with Crippen molar-refractivity contribution in [2.45, 2.75) is 32.1 Å². The molecule has 0 radical (unpaired) electrons. The van der Waals surface area contributed by atoms with Crippen LogP contribution >= 0.6 is 0 Å². The second kappa shape index (κ2) is 3.66. The minimum atomic E-state index is 0.238. The van der Waals surface area contributed by atoms with E-state index in [1.165, 1.54) is 12.8 Å². The first-order chi connectivity index (χ1) is 6.31. The molecule has 2 fully saturated rings. The van der Waals surface area contributed by atoms with Gasteiger partial charge in [0.2, 0.25) is 5.91 Å². The van der Waals surface area contributed by atoms with Crippen molar-refractivity contribution < 1.29 is 4.79 Å². The predicted molar refractivity (Wildman–Crippen MR) is 51.4 cm³/mol. The van der Waals surface area contributed by atoms with E-state index in [0.717, 1.165) is 38.9 Å². The normalized spacial score (nSPS) is 35.5. The van der Waals surface area contributed by atoms with E-state index in [4.69, 9.17) is 0 Å². The third kappa shape index (κ3) is 2.02. The summed E-state index contributed by atoms with van der Waals surface area (Å²) in [5.74, 6) is 0.238. The number of amides is 1. The van der Waals surface area contributed by atoms with Gasteiger partial charge < -0.3 is 10.6 Å². The van der Waals surface area contributed by atoms with Gasteiger partial charge in [0.05, 0.1) is 0 Å². The Bertz CT molecular complexity index is 197. The number of piperidine rings is 1. The van der Waals surface area contributed by atoms with Crippen LogP contribution in [-0.4, -0.2) is 25.5 Å². The highest BCUT2D eigenvalue weighted by Crippen LogP contribution is 2.35. The molecule has 0 bridgehead atoms. The molecule has 2 saturated heterocycles. The molecule has 1 amide bonds. The van der Waals surface area contributed by atoms with E-state index >= 15 is 0 Å². The number of hydrogen-bond acceptors (Lipinski definition) is 2. The van der Waals surface area contributed by atoms with Crippen molar-refractivity contribution in [1.29, 1.82) is 0 Å². The standard InChI is InChI=1S/C10H18N2O/c13-9-2-4-10(5-7-12-9)3-1-6-11-8-10/h11H,1-8H2,(H,12,13). The summed E-state index contributed by atoms with van der Waals surface area (Å²) in [6.07, 6.45) is 5.53. The summed E-state index contributed by atoms with van der Waals surface area (Å²) in [6.45, 7) is 3.14. The van der Waals surface area contributed by atoms with Crippen LogP contribution in [0.5, 0.6) is 0 Å². The van der Waals surface area contributed by atoms with Gasteiger partial charge in [0.15, 0.2) is 0 Å². The molecule has 1 spiro atoms. The van der Waals surface area contributed by atoms with Gasteiger partial charge in [0, 0.05) is 19.5 Å². The lowest BCUT2D eigenvalue weighted by atomic mass is 9.75. The highest BCUT2D eigenvalue weighted by atomic mass is 16.1. The van der Waals surface area contributed by atoms with E-state index in [1.54, 1.807) is 0 Å². The van der Waals surface area contributed by atoms with Gasteiger partial charge in [-0.3, -0.25) is 4.79 Å². The van der Waals surface area contributed by atoms with Crippen molar-refractivity contribution >= 4 is 5.91 Å². The molecule has 2 N–H and O–H groups in total. The smallest absolute Gasteiger partial charge is 0.220 e. The third-order valence-electron chi connectivity index (χ3n) is 3.42. The van der Waals surface area contributed by atoms with Crippen LogP contribution in [0.1, 0.15) is 32.1 Å². The fraction of sp³-hybridized carbons (Fsp3) is 0.900. The summed E-state index contributed by atoms with van der Waals surface area (Å²) in [5.41, 5.74) is 0.428. The van der Waals surface area contributed by atoms with E-state index in [9.17, 15) is 4.79 Å². The number of nitrogens with one attached hydrogen (secondary N) is 2. The molecule has 3 heteroatoms. The molecular formula is C10H18N2O. The SMILES string of the molecule is O=C1CCC2(CCCNC2)CCN1. The molecule has 1 unspecified atom stereocenters. The molecule has 0 aromatic carbocycles. The molecule has 74 valence electrons. The zero-order valence-corrected chi connectivity index (χ0v) is 8.07. The van der Waals surface area contributed by atoms with Gasteiger partial charge in [-0.15, -0.1) is 0 Å². The molecule has 3 nitrogen and oxygen atoms in total. The van der Waals surface area contributed by atoms with Gasteiger partial charge in [-0.2, -0.15) is 0 Å². The van der Waals surface area contributed by atoms with Crippen molar-refractivity contribution in [2.24, 2.45) is 5.41 Å². The first-order valence-electron chi connectivity index (χ1n) is 5.28. The van der Waals surface area contributed by atoms with Gasteiger partial charge in [-0.1, -0.05) is 0 Å². The van der Waals surface area contributed by atoms with Crippen LogP contribution in [0.25, 0.3) is 0 Å². The summed E-state index contributed by atoms with van der Waals surface area (Å²) >= 11 is 0. The summed E-state index contributed by atoms with van der Waals surface area (Å²) in [4.78, 5) is 11.2. The van der Waals surface area contributed by atoms with E-state index in [-0.39, 0.29) is 5.91 Å². The van der Waals surface area contributed by atoms with Crippen LogP contribution in [0.15, 0.2) is 0 Å². The molecule has 2 aliphatic heterocycles. The van der Waals surface area contributed by atoms with Gasteiger partial charge in [0.1, 0.15) is 0 Å². The summed E-state index contributed by atoms with van der Waals surface area (Å²) in [7, 11) is 0. The Kier molecular flexibility index (Phi) is 2.54. The minimum Gasteiger partial charge on any atom is -0.356 e. The Labute approximate surface area is 79.3 Å². The lowest BCUT2D eigenvalue weighted by Gasteiger charge is -2.36. The van der Waals surface area contributed by atoms with Crippen molar-refractivity contribution in [1.82, 2.24) is 10.6 Å². The Hall–Kier alpha value is -0.570. The van der Waals surface area contributed by atoms with Crippen LogP contribution in [0.4, 0.5) is 0 Å². The predicted octanol–water partition coefficient (Wildman–Crippen LogP) is 0.656. The number of hydrogen-bond donors (Lipinski definition) is 2. The average molecular weight is 182 g/mol. The fourth-order valence-corrected chi connectivity index (χ4v) is 2.52. The first-order valence-corrected chi connectivity index (χ1v) is 5.28. The van der Waals surface area contributed by atoms with E-state index < -0.39 is 0 Å². The maximum absolute atomic E-state index is 11.2. The van der Waals surface area contributed by atoms with Gasteiger partial charge in [0.25, 0.3) is 0 Å². The van der Waals surface area contributed by atoms with Crippen LogP contribution in [0.3, 0.4) is 0 Å². The Morgan fingerprint density at radius 2 is 2.08 bits per heavy atom. The van der Waals surface area contributed by atoms with Crippen molar-refractivity contribution in [3.8, 4) is 0 Å². The maximum Gasteiger partial charge on any atom is 0.220 e. The lowest BCUT2D eigenvalue weighted by Crippen LogP contribution is -2.40. The molecule has 0 aliphatic carbocycles. The fourth-order valence-electron chi connectivity index (χ4n) is 2.52. The zero-order valence-electron chi connectivity index (χ0n) is 8.07. The molecule has 2 rings (SSSR count). The molecule has 0 saturated carbocycles. The number of rotatable bonds is 0. The molecule has 2 heterocycles. The quantitative estimate of drug-likeness (QED) is 0.577. The van der Waals surface area contributed by atoms with Gasteiger partial charge in [-0.25, -0.2) is 0 Å². The summed E-state index contributed by atoms with van der Waals surface area (Å²) < 4.78 is 0. The molecule has 13 heavy (non-hydrogen) atoms. The lowest BCUT2D eigenvalue weighted by molar-refractivity contribution is -0.120. The third-order valence-corrected chi connectivity index (χ3v) is 3.42. The van der Waals surface area contributed by atoms with Crippen molar-refractivity contribution in [3.63, 3.8) is 0 Å². The largest absolute Gasteiger partial charge is 0.356 e. The highest BCUT2D eigenvalue weighted by Gasteiger charge is 2.33. The van der Waals surface area contributed by atoms with Crippen molar-refractivity contribution in [2.75, 3.05) is 19.6 Å². The van der Waals surface area contributed by atoms with Crippen LogP contribution in [-0.2, 0) is 4.79 Å². The average Bonchev–Trinajstić information content (AvgIpc) is 2.32. The monoisotopic (exact) mass is 182 g/mol. The van der Waals surface area contributed by atoms with E-state index in [1.807, 2.05) is 0 Å². The molecule has 2 aliphatic rings. The molecular weight excluding hydrogens is 164 g/mol.